The number of fused-ring (bicyclic) bond motifs is 1. The molecule has 1 amide bonds. The average Bonchev–Trinajstić information content (AvgIpc) is 3.10. The summed E-state index contributed by atoms with van der Waals surface area (Å²) in [5, 5.41) is 12.1. The molecule has 0 spiro atoms. The lowest BCUT2D eigenvalue weighted by Gasteiger charge is -2.27. The molecule has 29 heavy (non-hydrogen) atoms. The van der Waals surface area contributed by atoms with Crippen molar-refractivity contribution in [1.29, 1.82) is 0 Å². The van der Waals surface area contributed by atoms with Gasteiger partial charge in [0.05, 0.1) is 18.1 Å². The molecule has 1 aliphatic heterocycles. The Labute approximate surface area is 172 Å². The third-order valence-electron chi connectivity index (χ3n) is 4.94. The average molecular weight is 411 g/mol. The van der Waals surface area contributed by atoms with Gasteiger partial charge in [-0.2, -0.15) is 0 Å². The Bertz CT molecular complexity index is 1040. The highest BCUT2D eigenvalue weighted by atomic mass is 32.2. The van der Waals surface area contributed by atoms with Crippen LogP contribution in [0.3, 0.4) is 0 Å². The second kappa shape index (κ2) is 8.67. The lowest BCUT2D eigenvalue weighted by Crippen LogP contribution is -2.42. The molecule has 1 saturated heterocycles. The van der Waals surface area contributed by atoms with Crippen molar-refractivity contribution < 1.29 is 14.5 Å². The van der Waals surface area contributed by atoms with Gasteiger partial charge in [0.2, 0.25) is 5.91 Å². The van der Waals surface area contributed by atoms with E-state index < -0.39 is 0 Å². The molecule has 0 bridgehead atoms. The molecule has 0 radical (unpaired) electrons. The Morgan fingerprint density at radius 2 is 1.93 bits per heavy atom. The molecule has 4 rings (SSSR count). The van der Waals surface area contributed by atoms with E-state index in [2.05, 4.69) is 0 Å². The molecule has 0 N–H and O–H groups in total. The highest BCUT2D eigenvalue weighted by Crippen LogP contribution is 2.32. The molecule has 7 nitrogen and oxygen atoms in total. The minimum atomic E-state index is -0.378. The summed E-state index contributed by atoms with van der Waals surface area (Å²) in [5.41, 5.74) is 2.00. The highest BCUT2D eigenvalue weighted by Gasteiger charge is 2.19. The molecular formula is C21H21N3O4S. The third-order valence-corrected chi connectivity index (χ3v) is 6.05. The lowest BCUT2D eigenvalue weighted by molar-refractivity contribution is -0.384. The zero-order valence-corrected chi connectivity index (χ0v) is 16.6. The molecule has 2 heterocycles. The zero-order valence-electron chi connectivity index (χ0n) is 15.8. The molecule has 0 aliphatic carbocycles. The maximum Gasteiger partial charge on any atom is 0.269 e. The van der Waals surface area contributed by atoms with Crippen molar-refractivity contribution in [1.82, 2.24) is 9.47 Å². The van der Waals surface area contributed by atoms with Gasteiger partial charge in [-0.1, -0.05) is 30.3 Å². The van der Waals surface area contributed by atoms with E-state index in [-0.39, 0.29) is 23.1 Å². The number of thioether (sulfide) groups is 1. The monoisotopic (exact) mass is 411 g/mol. The minimum Gasteiger partial charge on any atom is -0.378 e. The number of carbonyl (C=O) groups excluding carboxylic acids is 1. The van der Waals surface area contributed by atoms with E-state index >= 15 is 0 Å². The summed E-state index contributed by atoms with van der Waals surface area (Å²) in [6, 6.07) is 14.7. The van der Waals surface area contributed by atoms with E-state index in [9.17, 15) is 14.9 Å². The molecule has 0 saturated carbocycles. The normalized spacial score (nSPS) is 14.3. The number of hydrogen-bond acceptors (Lipinski definition) is 5. The maximum absolute atomic E-state index is 12.7. The molecule has 1 aliphatic rings. The Morgan fingerprint density at radius 1 is 1.14 bits per heavy atom. The first-order valence-corrected chi connectivity index (χ1v) is 10.4. The summed E-state index contributed by atoms with van der Waals surface area (Å²) < 4.78 is 7.31. The van der Waals surface area contributed by atoms with Crippen LogP contribution in [0.1, 0.15) is 5.56 Å². The van der Waals surface area contributed by atoms with Crippen LogP contribution in [0.15, 0.2) is 59.6 Å². The van der Waals surface area contributed by atoms with Gasteiger partial charge in [-0.3, -0.25) is 14.9 Å². The molecule has 1 aromatic heterocycles. The predicted molar refractivity (Wildman–Crippen MR) is 112 cm³/mol. The highest BCUT2D eigenvalue weighted by molar-refractivity contribution is 7.98. The minimum absolute atomic E-state index is 0.0873. The second-order valence-corrected chi connectivity index (χ2v) is 7.86. The van der Waals surface area contributed by atoms with E-state index in [1.807, 2.05) is 46.0 Å². The van der Waals surface area contributed by atoms with Crippen molar-refractivity contribution in [2.24, 2.45) is 0 Å². The van der Waals surface area contributed by atoms with Crippen LogP contribution < -0.4 is 0 Å². The van der Waals surface area contributed by atoms with Gasteiger partial charge < -0.3 is 14.2 Å². The number of benzene rings is 2. The molecule has 1 fully saturated rings. The number of morpholine rings is 1. The van der Waals surface area contributed by atoms with Gasteiger partial charge >= 0.3 is 0 Å². The lowest BCUT2D eigenvalue weighted by atomic mass is 10.2. The van der Waals surface area contributed by atoms with Crippen molar-refractivity contribution >= 4 is 34.3 Å². The molecule has 0 unspecified atom stereocenters. The van der Waals surface area contributed by atoms with Crippen molar-refractivity contribution in [3.63, 3.8) is 0 Å². The number of ether oxygens (including phenoxy) is 1. The van der Waals surface area contributed by atoms with E-state index in [1.54, 1.807) is 23.9 Å². The first kappa shape index (κ1) is 19.5. The number of nitro groups is 1. The van der Waals surface area contributed by atoms with Gasteiger partial charge in [0, 0.05) is 53.0 Å². The number of carbonyl (C=O) groups is 1. The van der Waals surface area contributed by atoms with Crippen LogP contribution in [0.2, 0.25) is 0 Å². The van der Waals surface area contributed by atoms with Crippen LogP contribution in [0.4, 0.5) is 5.69 Å². The maximum atomic E-state index is 12.7. The summed E-state index contributed by atoms with van der Waals surface area (Å²) in [5.74, 6) is 0.705. The number of aromatic nitrogens is 1. The van der Waals surface area contributed by atoms with Crippen LogP contribution in [0.5, 0.6) is 0 Å². The Kier molecular flexibility index (Phi) is 5.82. The van der Waals surface area contributed by atoms with E-state index in [0.29, 0.717) is 32.1 Å². The van der Waals surface area contributed by atoms with E-state index in [1.165, 1.54) is 6.07 Å². The van der Waals surface area contributed by atoms with Gasteiger partial charge in [0.15, 0.2) is 0 Å². The summed E-state index contributed by atoms with van der Waals surface area (Å²) >= 11 is 1.62. The first-order chi connectivity index (χ1) is 14.1. The quantitative estimate of drug-likeness (QED) is 0.351. The molecular weight excluding hydrogens is 390 g/mol. The molecule has 0 atom stereocenters. The fourth-order valence-electron chi connectivity index (χ4n) is 3.44. The van der Waals surface area contributed by atoms with Gasteiger partial charge in [-0.25, -0.2) is 0 Å². The van der Waals surface area contributed by atoms with Gasteiger partial charge in [0.1, 0.15) is 6.54 Å². The molecule has 8 heteroatoms. The van der Waals surface area contributed by atoms with Crippen LogP contribution in [0, 0.1) is 10.1 Å². The summed E-state index contributed by atoms with van der Waals surface area (Å²) in [7, 11) is 0. The Balaban J connectivity index is 1.53. The zero-order chi connectivity index (χ0) is 20.2. The summed E-state index contributed by atoms with van der Waals surface area (Å²) in [4.78, 5) is 26.2. The van der Waals surface area contributed by atoms with Gasteiger partial charge in [-0.15, -0.1) is 11.8 Å². The number of para-hydroxylation sites is 1. The van der Waals surface area contributed by atoms with Gasteiger partial charge in [0.25, 0.3) is 5.69 Å². The van der Waals surface area contributed by atoms with Crippen molar-refractivity contribution in [2.45, 2.75) is 17.2 Å². The number of hydrogen-bond donors (Lipinski definition) is 0. The molecule has 150 valence electrons. The first-order valence-electron chi connectivity index (χ1n) is 9.41. The number of rotatable bonds is 6. The number of nitrogens with zero attached hydrogens (tertiary/aromatic N) is 3. The van der Waals surface area contributed by atoms with E-state index in [0.717, 1.165) is 21.4 Å². The third kappa shape index (κ3) is 4.44. The number of non-ortho nitro benzene ring substituents is 1. The topological polar surface area (TPSA) is 77.6 Å². The summed E-state index contributed by atoms with van der Waals surface area (Å²) in [6.45, 7) is 2.72. The molecule has 2 aromatic carbocycles. The van der Waals surface area contributed by atoms with Gasteiger partial charge in [-0.05, 0) is 11.6 Å². The van der Waals surface area contributed by atoms with Crippen LogP contribution >= 0.6 is 11.8 Å². The Hall–Kier alpha value is -2.84. The van der Waals surface area contributed by atoms with Crippen molar-refractivity contribution in [3.8, 4) is 0 Å². The van der Waals surface area contributed by atoms with Crippen molar-refractivity contribution in [2.75, 3.05) is 26.3 Å². The number of nitro benzene ring substituents is 1. The fraction of sp³-hybridized carbons (Fsp3) is 0.286. The van der Waals surface area contributed by atoms with Crippen molar-refractivity contribution in [3.05, 3.63) is 70.4 Å². The number of amides is 1. The van der Waals surface area contributed by atoms with Crippen LogP contribution in [0.25, 0.3) is 10.9 Å². The smallest absolute Gasteiger partial charge is 0.269 e. The Morgan fingerprint density at radius 3 is 2.72 bits per heavy atom. The predicted octanol–water partition coefficient (Wildman–Crippen LogP) is 3.70. The largest absolute Gasteiger partial charge is 0.378 e. The summed E-state index contributed by atoms with van der Waals surface area (Å²) in [6.07, 6.45) is 2.00. The standard InChI is InChI=1S/C21H21N3O4S/c25-21(22-8-10-28-11-9-22)14-23-13-20(18-6-1-2-7-19(18)23)29-15-16-4-3-5-17(12-16)24(26)27/h1-7,12-13H,8-11,14-15H2. The van der Waals surface area contributed by atoms with Crippen LogP contribution in [-0.2, 0) is 21.8 Å². The van der Waals surface area contributed by atoms with E-state index in [4.69, 9.17) is 4.74 Å². The fourth-order valence-corrected chi connectivity index (χ4v) is 4.47. The van der Waals surface area contributed by atoms with Crippen LogP contribution in [-0.4, -0.2) is 46.6 Å². The second-order valence-electron chi connectivity index (χ2n) is 6.85. The molecule has 3 aromatic rings. The SMILES string of the molecule is O=C(Cn1cc(SCc2cccc([N+](=O)[O-])c2)c2ccccc21)N1CCOCC1.